The lowest BCUT2D eigenvalue weighted by Crippen LogP contribution is -2.44. The third-order valence-electron chi connectivity index (χ3n) is 4.96. The van der Waals surface area contributed by atoms with Crippen LogP contribution in [0.1, 0.15) is 37.0 Å². The smallest absolute Gasteiger partial charge is 0.255 e. The quantitative estimate of drug-likeness (QED) is 0.678. The van der Waals surface area contributed by atoms with E-state index in [2.05, 4.69) is 34.1 Å². The fourth-order valence-electron chi connectivity index (χ4n) is 3.19. The highest BCUT2D eigenvalue weighted by molar-refractivity contribution is 6.04. The van der Waals surface area contributed by atoms with Gasteiger partial charge in [-0.15, -0.1) is 0 Å². The maximum atomic E-state index is 12.7. The Kier molecular flexibility index (Phi) is 7.90. The molecule has 0 atom stereocenters. The zero-order chi connectivity index (χ0) is 21.3. The molecule has 3 rings (SSSR count). The van der Waals surface area contributed by atoms with E-state index >= 15 is 0 Å². The van der Waals surface area contributed by atoms with Gasteiger partial charge in [-0.25, -0.2) is 4.98 Å². The fourth-order valence-corrected chi connectivity index (χ4v) is 3.19. The third-order valence-corrected chi connectivity index (χ3v) is 4.96. The predicted molar refractivity (Wildman–Crippen MR) is 120 cm³/mol. The lowest BCUT2D eigenvalue weighted by molar-refractivity contribution is 0.102. The van der Waals surface area contributed by atoms with Gasteiger partial charge in [0.1, 0.15) is 5.82 Å². The second-order valence-electron chi connectivity index (χ2n) is 7.51. The number of piperazine rings is 1. The Labute approximate surface area is 179 Å². The van der Waals surface area contributed by atoms with Crippen LogP contribution in [-0.2, 0) is 0 Å². The second-order valence-corrected chi connectivity index (χ2v) is 7.51. The Morgan fingerprint density at radius 2 is 1.70 bits per heavy atom. The van der Waals surface area contributed by atoms with Crippen molar-refractivity contribution in [1.29, 1.82) is 0 Å². The van der Waals surface area contributed by atoms with Crippen molar-refractivity contribution in [3.63, 3.8) is 0 Å². The summed E-state index contributed by atoms with van der Waals surface area (Å²) in [4.78, 5) is 21.8. The molecule has 1 fully saturated rings. The molecule has 1 amide bonds. The molecule has 1 aromatic heterocycles. The van der Waals surface area contributed by atoms with E-state index in [1.807, 2.05) is 19.1 Å². The molecule has 0 aliphatic carbocycles. The molecule has 2 aromatic rings. The van der Waals surface area contributed by atoms with Gasteiger partial charge in [-0.2, -0.15) is 0 Å². The molecule has 1 aliphatic rings. The molecule has 0 spiro atoms. The number of carbonyl (C=O) groups is 1. The first-order valence-electron chi connectivity index (χ1n) is 10.7. The number of pyridine rings is 1. The van der Waals surface area contributed by atoms with Crippen LogP contribution in [0, 0.1) is 0 Å². The van der Waals surface area contributed by atoms with Gasteiger partial charge < -0.3 is 24.6 Å². The van der Waals surface area contributed by atoms with Gasteiger partial charge in [0.05, 0.1) is 25.1 Å². The van der Waals surface area contributed by atoms with Gasteiger partial charge in [0.2, 0.25) is 0 Å². The van der Waals surface area contributed by atoms with E-state index in [0.29, 0.717) is 36.0 Å². The second kappa shape index (κ2) is 10.8. The number of aromatic nitrogens is 1. The van der Waals surface area contributed by atoms with Crippen LogP contribution >= 0.6 is 0 Å². The Morgan fingerprint density at radius 3 is 2.33 bits per heavy atom. The number of benzene rings is 1. The molecule has 0 radical (unpaired) electrons. The van der Waals surface area contributed by atoms with Crippen LogP contribution in [0.2, 0.25) is 0 Å². The molecule has 0 saturated carbocycles. The number of hydrogen-bond donors (Lipinski definition) is 1. The summed E-state index contributed by atoms with van der Waals surface area (Å²) in [7, 11) is 2.13. The summed E-state index contributed by atoms with van der Waals surface area (Å²) in [5.41, 5.74) is 1.19. The normalized spacial score (nSPS) is 14.4. The highest BCUT2D eigenvalue weighted by atomic mass is 16.5. The van der Waals surface area contributed by atoms with E-state index in [1.165, 1.54) is 0 Å². The molecule has 1 saturated heterocycles. The standard InChI is InChI=1S/C23H32N4O3/c1-4-14-29-20-8-6-18(16-21(20)30-15-5-2)23(28)25-19-7-9-22(24-17-19)27-12-10-26(3)11-13-27/h6-9,16-17H,4-5,10-15H2,1-3H3,(H,25,28). The minimum absolute atomic E-state index is 0.201. The molecular formula is C23H32N4O3. The van der Waals surface area contributed by atoms with Gasteiger partial charge >= 0.3 is 0 Å². The minimum atomic E-state index is -0.201. The van der Waals surface area contributed by atoms with E-state index in [-0.39, 0.29) is 5.91 Å². The molecule has 30 heavy (non-hydrogen) atoms. The van der Waals surface area contributed by atoms with Crippen molar-refractivity contribution < 1.29 is 14.3 Å². The van der Waals surface area contributed by atoms with Crippen molar-refractivity contribution >= 4 is 17.4 Å². The Bertz CT molecular complexity index is 818. The maximum absolute atomic E-state index is 12.7. The summed E-state index contributed by atoms with van der Waals surface area (Å²) in [5.74, 6) is 2.00. The number of hydrogen-bond acceptors (Lipinski definition) is 6. The fraction of sp³-hybridized carbons (Fsp3) is 0.478. The molecule has 7 nitrogen and oxygen atoms in total. The van der Waals surface area contributed by atoms with Crippen LogP contribution in [0.4, 0.5) is 11.5 Å². The summed E-state index contributed by atoms with van der Waals surface area (Å²) in [6.45, 7) is 9.26. The minimum Gasteiger partial charge on any atom is -0.490 e. The van der Waals surface area contributed by atoms with Crippen LogP contribution in [0.25, 0.3) is 0 Å². The van der Waals surface area contributed by atoms with E-state index in [0.717, 1.165) is 44.8 Å². The molecule has 1 N–H and O–H groups in total. The predicted octanol–water partition coefficient (Wildman–Crippen LogP) is 3.66. The van der Waals surface area contributed by atoms with E-state index in [4.69, 9.17) is 9.47 Å². The monoisotopic (exact) mass is 412 g/mol. The Hall–Kier alpha value is -2.80. The number of nitrogens with one attached hydrogen (secondary N) is 1. The Morgan fingerprint density at radius 1 is 1.00 bits per heavy atom. The number of carbonyl (C=O) groups excluding carboxylic acids is 1. The third kappa shape index (κ3) is 5.86. The molecule has 1 aromatic carbocycles. The zero-order valence-electron chi connectivity index (χ0n) is 18.2. The van der Waals surface area contributed by atoms with Gasteiger partial charge in [-0.1, -0.05) is 13.8 Å². The zero-order valence-corrected chi connectivity index (χ0v) is 18.2. The molecule has 1 aliphatic heterocycles. The lowest BCUT2D eigenvalue weighted by Gasteiger charge is -2.33. The van der Waals surface area contributed by atoms with Gasteiger partial charge in [-0.05, 0) is 50.2 Å². The van der Waals surface area contributed by atoms with E-state index in [1.54, 1.807) is 24.4 Å². The van der Waals surface area contributed by atoms with Crippen molar-refractivity contribution in [3.05, 3.63) is 42.1 Å². The molecular weight excluding hydrogens is 380 g/mol. The number of rotatable bonds is 9. The number of ether oxygens (including phenoxy) is 2. The van der Waals surface area contributed by atoms with Gasteiger partial charge in [-0.3, -0.25) is 4.79 Å². The average Bonchev–Trinajstić information content (AvgIpc) is 2.77. The molecule has 7 heteroatoms. The van der Waals surface area contributed by atoms with E-state index < -0.39 is 0 Å². The number of likely N-dealkylation sites (N-methyl/N-ethyl adjacent to an activating group) is 1. The summed E-state index contributed by atoms with van der Waals surface area (Å²) < 4.78 is 11.5. The van der Waals surface area contributed by atoms with Crippen LogP contribution in [0.15, 0.2) is 36.5 Å². The first kappa shape index (κ1) is 21.9. The van der Waals surface area contributed by atoms with Crippen molar-refractivity contribution in [2.75, 3.05) is 56.7 Å². The van der Waals surface area contributed by atoms with Crippen LogP contribution < -0.4 is 19.7 Å². The lowest BCUT2D eigenvalue weighted by atomic mass is 10.2. The van der Waals surface area contributed by atoms with Crippen molar-refractivity contribution in [1.82, 2.24) is 9.88 Å². The van der Waals surface area contributed by atoms with Crippen molar-refractivity contribution in [3.8, 4) is 11.5 Å². The first-order chi connectivity index (χ1) is 14.6. The van der Waals surface area contributed by atoms with Gasteiger partial charge in [0.15, 0.2) is 11.5 Å². The van der Waals surface area contributed by atoms with E-state index in [9.17, 15) is 4.79 Å². The topological polar surface area (TPSA) is 66.9 Å². The number of anilines is 2. The molecule has 0 bridgehead atoms. The molecule has 2 heterocycles. The number of amides is 1. The summed E-state index contributed by atoms with van der Waals surface area (Å²) in [6.07, 6.45) is 3.50. The SMILES string of the molecule is CCCOc1ccc(C(=O)Nc2ccc(N3CCN(C)CC3)nc2)cc1OCCC. The van der Waals surface area contributed by atoms with Crippen LogP contribution in [0.5, 0.6) is 11.5 Å². The van der Waals surface area contributed by atoms with Gasteiger partial charge in [0.25, 0.3) is 5.91 Å². The Balaban J connectivity index is 1.65. The summed E-state index contributed by atoms with van der Waals surface area (Å²) in [5, 5.41) is 2.92. The highest BCUT2D eigenvalue weighted by Crippen LogP contribution is 2.29. The average molecular weight is 413 g/mol. The van der Waals surface area contributed by atoms with Crippen LogP contribution in [-0.4, -0.2) is 62.2 Å². The van der Waals surface area contributed by atoms with Crippen molar-refractivity contribution in [2.24, 2.45) is 0 Å². The highest BCUT2D eigenvalue weighted by Gasteiger charge is 2.16. The van der Waals surface area contributed by atoms with Gasteiger partial charge in [0, 0.05) is 31.7 Å². The summed E-state index contributed by atoms with van der Waals surface area (Å²) in [6, 6.07) is 9.14. The maximum Gasteiger partial charge on any atom is 0.255 e. The van der Waals surface area contributed by atoms with Crippen LogP contribution in [0.3, 0.4) is 0 Å². The molecule has 162 valence electrons. The van der Waals surface area contributed by atoms with Crippen molar-refractivity contribution in [2.45, 2.75) is 26.7 Å². The molecule has 0 unspecified atom stereocenters. The summed E-state index contributed by atoms with van der Waals surface area (Å²) >= 11 is 0. The largest absolute Gasteiger partial charge is 0.490 e. The number of nitrogens with zero attached hydrogens (tertiary/aromatic N) is 3. The first-order valence-corrected chi connectivity index (χ1v) is 10.7.